The van der Waals surface area contributed by atoms with Gasteiger partial charge < -0.3 is 0 Å². The second-order valence-corrected chi connectivity index (χ2v) is 5.95. The summed E-state index contributed by atoms with van der Waals surface area (Å²) < 4.78 is 0. The van der Waals surface area contributed by atoms with Crippen molar-refractivity contribution < 1.29 is 0 Å². The third kappa shape index (κ3) is 2.06. The lowest BCUT2D eigenvalue weighted by atomic mass is 9.89. The molecule has 18 heavy (non-hydrogen) atoms. The van der Waals surface area contributed by atoms with Gasteiger partial charge in [-0.1, -0.05) is 43.7 Å². The third-order valence-corrected chi connectivity index (χ3v) is 4.67. The Hall–Kier alpha value is -0.930. The lowest BCUT2D eigenvalue weighted by molar-refractivity contribution is 0.462. The highest BCUT2D eigenvalue weighted by Gasteiger charge is 2.39. The van der Waals surface area contributed by atoms with Crippen LogP contribution in [0.2, 0.25) is 5.02 Å². The molecule has 2 nitrogen and oxygen atoms in total. The zero-order valence-electron chi connectivity index (χ0n) is 11.1. The average Bonchev–Trinajstić information content (AvgIpc) is 2.61. The second-order valence-electron chi connectivity index (χ2n) is 5.16. The molecule has 1 unspecified atom stereocenters. The van der Waals surface area contributed by atoms with Crippen molar-refractivity contribution in [1.29, 1.82) is 0 Å². The van der Waals surface area contributed by atoms with Crippen molar-refractivity contribution in [3.63, 3.8) is 0 Å². The first-order chi connectivity index (χ1) is 8.36. The molecule has 0 bridgehead atoms. The fourth-order valence-corrected chi connectivity index (χ4v) is 2.46. The van der Waals surface area contributed by atoms with Gasteiger partial charge in [0.05, 0.1) is 6.34 Å². The van der Waals surface area contributed by atoms with E-state index in [1.165, 1.54) is 0 Å². The predicted octanol–water partition coefficient (Wildman–Crippen LogP) is 4.24. The van der Waals surface area contributed by atoms with E-state index in [9.17, 15) is 0 Å². The van der Waals surface area contributed by atoms with Crippen LogP contribution in [0.25, 0.3) is 0 Å². The van der Waals surface area contributed by atoms with Crippen molar-refractivity contribution in [2.45, 2.75) is 33.2 Å². The molecule has 1 aliphatic heterocycles. The molecule has 0 radical (unpaired) electrons. The van der Waals surface area contributed by atoms with Crippen LogP contribution in [-0.4, -0.2) is 16.9 Å². The first-order valence-corrected chi connectivity index (χ1v) is 6.80. The minimum Gasteiger partial charge on any atom is -0.293 e. The molecule has 0 fully saturated rings. The van der Waals surface area contributed by atoms with Crippen LogP contribution in [0.15, 0.2) is 23.2 Å². The summed E-state index contributed by atoms with van der Waals surface area (Å²) in [7, 11) is 0. The van der Waals surface area contributed by atoms with Gasteiger partial charge in [0.15, 0.2) is 0 Å². The summed E-state index contributed by atoms with van der Waals surface area (Å²) in [4.78, 5) is 7.35. The highest BCUT2D eigenvalue weighted by Crippen LogP contribution is 2.33. The Morgan fingerprint density at radius 1 is 1.39 bits per heavy atom. The fourth-order valence-electron chi connectivity index (χ4n) is 1.84. The van der Waals surface area contributed by atoms with Gasteiger partial charge in [-0.15, -0.1) is 0 Å². The lowest BCUT2D eigenvalue weighted by Gasteiger charge is -2.28. The molecule has 0 N–H and O–H groups in total. The molecule has 1 heterocycles. The van der Waals surface area contributed by atoms with E-state index in [1.807, 2.05) is 36.4 Å². The molecule has 0 amide bonds. The Kier molecular flexibility index (Phi) is 3.47. The third-order valence-electron chi connectivity index (χ3n) is 3.65. The van der Waals surface area contributed by atoms with E-state index in [0.29, 0.717) is 5.92 Å². The van der Waals surface area contributed by atoms with E-state index in [-0.39, 0.29) is 5.54 Å². The smallest absolute Gasteiger partial charge is 0.116 e. The van der Waals surface area contributed by atoms with Gasteiger partial charge in [-0.05, 0) is 37.5 Å². The van der Waals surface area contributed by atoms with Gasteiger partial charge in [-0.3, -0.25) is 9.89 Å². The van der Waals surface area contributed by atoms with Crippen LogP contribution in [0.3, 0.4) is 0 Å². The molecule has 0 aliphatic carbocycles. The molecule has 0 aromatic heterocycles. The standard InChI is InChI=1S/C14H17ClN2S/c1-9(2)14(4)13(18)17(8-16-14)11-6-5-10(3)12(15)7-11/h5-9H,1-4H3. The number of aryl methyl sites for hydroxylation is 1. The molecule has 0 saturated carbocycles. The summed E-state index contributed by atoms with van der Waals surface area (Å²) in [6.45, 7) is 8.33. The number of rotatable bonds is 2. The molecule has 0 saturated heterocycles. The number of anilines is 1. The highest BCUT2D eigenvalue weighted by molar-refractivity contribution is 7.81. The van der Waals surface area contributed by atoms with Gasteiger partial charge in [-0.25, -0.2) is 0 Å². The van der Waals surface area contributed by atoms with Crippen LogP contribution in [0.5, 0.6) is 0 Å². The minimum atomic E-state index is -0.299. The van der Waals surface area contributed by atoms with Gasteiger partial charge in [0, 0.05) is 10.7 Å². The summed E-state index contributed by atoms with van der Waals surface area (Å²) in [6, 6.07) is 5.95. The number of hydrogen-bond acceptors (Lipinski definition) is 2. The maximum atomic E-state index is 6.16. The summed E-state index contributed by atoms with van der Waals surface area (Å²) in [5, 5.41) is 0.752. The number of hydrogen-bond donors (Lipinski definition) is 0. The van der Waals surface area contributed by atoms with Crippen LogP contribution in [-0.2, 0) is 0 Å². The Labute approximate surface area is 119 Å². The number of benzene rings is 1. The van der Waals surface area contributed by atoms with E-state index in [0.717, 1.165) is 21.3 Å². The van der Waals surface area contributed by atoms with Crippen molar-refractivity contribution in [2.75, 3.05) is 4.90 Å². The van der Waals surface area contributed by atoms with E-state index in [2.05, 4.69) is 25.8 Å². The zero-order chi connectivity index (χ0) is 13.5. The number of thiocarbonyl (C=S) groups is 1. The molecular weight excluding hydrogens is 264 g/mol. The van der Waals surface area contributed by atoms with Crippen LogP contribution < -0.4 is 4.90 Å². The van der Waals surface area contributed by atoms with Crippen molar-refractivity contribution in [1.82, 2.24) is 0 Å². The van der Waals surface area contributed by atoms with Crippen LogP contribution in [0.1, 0.15) is 26.3 Å². The van der Waals surface area contributed by atoms with Gasteiger partial charge in [0.25, 0.3) is 0 Å². The topological polar surface area (TPSA) is 15.6 Å². The Bertz CT molecular complexity index is 525. The molecule has 2 rings (SSSR count). The van der Waals surface area contributed by atoms with Crippen molar-refractivity contribution >= 4 is 40.8 Å². The normalized spacial score (nSPS) is 23.2. The predicted molar refractivity (Wildman–Crippen MR) is 83.0 cm³/mol. The molecule has 1 aromatic rings. The SMILES string of the molecule is Cc1ccc(N2C=NC(C)(C(C)C)C2=S)cc1Cl. The maximum Gasteiger partial charge on any atom is 0.116 e. The van der Waals surface area contributed by atoms with Crippen LogP contribution >= 0.6 is 23.8 Å². The van der Waals surface area contributed by atoms with Crippen LogP contribution in [0, 0.1) is 12.8 Å². The quantitative estimate of drug-likeness (QED) is 0.753. The maximum absolute atomic E-state index is 6.16. The van der Waals surface area contributed by atoms with E-state index in [4.69, 9.17) is 23.8 Å². The zero-order valence-corrected chi connectivity index (χ0v) is 12.6. The highest BCUT2D eigenvalue weighted by atomic mass is 35.5. The molecule has 1 aromatic carbocycles. The van der Waals surface area contributed by atoms with Crippen molar-refractivity contribution in [2.24, 2.45) is 10.9 Å². The molecule has 1 atom stereocenters. The van der Waals surface area contributed by atoms with E-state index in [1.54, 1.807) is 0 Å². The van der Waals surface area contributed by atoms with Gasteiger partial charge >= 0.3 is 0 Å². The lowest BCUT2D eigenvalue weighted by Crippen LogP contribution is -2.41. The first kappa shape index (κ1) is 13.5. The van der Waals surface area contributed by atoms with Gasteiger partial charge in [0.1, 0.15) is 10.5 Å². The molecule has 1 aliphatic rings. The second kappa shape index (κ2) is 4.63. The largest absolute Gasteiger partial charge is 0.293 e. The Balaban J connectivity index is 2.35. The molecule has 0 spiro atoms. The summed E-state index contributed by atoms with van der Waals surface area (Å²) in [6.07, 6.45) is 1.81. The average molecular weight is 281 g/mol. The van der Waals surface area contributed by atoms with Crippen molar-refractivity contribution in [3.8, 4) is 0 Å². The fraction of sp³-hybridized carbons (Fsp3) is 0.429. The minimum absolute atomic E-state index is 0.299. The Morgan fingerprint density at radius 3 is 2.56 bits per heavy atom. The number of halogens is 1. The molecular formula is C14H17ClN2S. The summed E-state index contributed by atoms with van der Waals surface area (Å²) >= 11 is 11.7. The summed E-state index contributed by atoms with van der Waals surface area (Å²) in [5.41, 5.74) is 1.74. The van der Waals surface area contributed by atoms with Gasteiger partial charge in [-0.2, -0.15) is 0 Å². The molecule has 4 heteroatoms. The number of nitrogens with zero attached hydrogens (tertiary/aromatic N) is 2. The van der Waals surface area contributed by atoms with Crippen LogP contribution in [0.4, 0.5) is 5.69 Å². The first-order valence-electron chi connectivity index (χ1n) is 6.01. The Morgan fingerprint density at radius 2 is 2.06 bits per heavy atom. The monoisotopic (exact) mass is 280 g/mol. The van der Waals surface area contributed by atoms with E-state index < -0.39 is 0 Å². The van der Waals surface area contributed by atoms with Crippen molar-refractivity contribution in [3.05, 3.63) is 28.8 Å². The summed E-state index contributed by atoms with van der Waals surface area (Å²) in [5.74, 6) is 0.368. The van der Waals surface area contributed by atoms with Gasteiger partial charge in [0.2, 0.25) is 0 Å². The number of aliphatic imine (C=N–C) groups is 1. The molecule has 96 valence electrons. The van der Waals surface area contributed by atoms with E-state index >= 15 is 0 Å².